The third-order valence-corrected chi connectivity index (χ3v) is 9.05. The van der Waals surface area contributed by atoms with E-state index in [0.717, 1.165) is 43.6 Å². The molecule has 0 unspecified atom stereocenters. The number of alkyl halides is 3. The van der Waals surface area contributed by atoms with Crippen LogP contribution >= 0.6 is 0 Å². The van der Waals surface area contributed by atoms with Gasteiger partial charge in [0, 0.05) is 54.6 Å². The van der Waals surface area contributed by atoms with Crippen molar-refractivity contribution in [1.29, 1.82) is 0 Å². The Morgan fingerprint density at radius 1 is 1.09 bits per heavy atom. The summed E-state index contributed by atoms with van der Waals surface area (Å²) in [5.41, 5.74) is -0.260. The molecule has 1 fully saturated rings. The SMILES string of the molecule is CC(C)n1c(=O)c(-c2ccc(NS(=O)(=O)CCC(F)(F)F)c(F)c2)cc2cnc(NC3CCC(c4nccn4C)CC3)nc21. The van der Waals surface area contributed by atoms with Gasteiger partial charge in [0.2, 0.25) is 16.0 Å². The standard InChI is InChI=1S/C29H33F4N7O3S/c1-17(2)40-26-20(16-35-28(37-26)36-21-7-4-18(5-8-21)25-34-11-12-39(25)3)14-22(27(40)41)19-6-9-24(23(30)15-19)38-44(42,43)13-10-29(31,32)33/h6,9,11-12,14-18,21,38H,4-5,7-8,10,13H2,1-3H3,(H,35,36,37). The molecule has 1 aromatic carbocycles. The van der Waals surface area contributed by atoms with Crippen molar-refractivity contribution in [3.8, 4) is 11.1 Å². The van der Waals surface area contributed by atoms with Gasteiger partial charge in [-0.3, -0.25) is 14.1 Å². The third-order valence-electron chi connectivity index (χ3n) is 7.77. The van der Waals surface area contributed by atoms with Gasteiger partial charge in [-0.25, -0.2) is 22.8 Å². The number of imidazole rings is 1. The van der Waals surface area contributed by atoms with Crippen LogP contribution in [0.2, 0.25) is 0 Å². The summed E-state index contributed by atoms with van der Waals surface area (Å²) in [4.78, 5) is 27.3. The topological polar surface area (TPSA) is 124 Å². The van der Waals surface area contributed by atoms with E-state index in [1.807, 2.05) is 38.0 Å². The number of pyridine rings is 1. The van der Waals surface area contributed by atoms with Crippen molar-refractivity contribution >= 4 is 32.7 Å². The number of halogens is 4. The lowest BCUT2D eigenvalue weighted by Crippen LogP contribution is -2.28. The summed E-state index contributed by atoms with van der Waals surface area (Å²) in [6, 6.07) is 4.76. The highest BCUT2D eigenvalue weighted by atomic mass is 32.2. The van der Waals surface area contributed by atoms with Crippen LogP contribution in [0.3, 0.4) is 0 Å². The normalized spacial score (nSPS) is 17.7. The zero-order valence-corrected chi connectivity index (χ0v) is 25.2. The summed E-state index contributed by atoms with van der Waals surface area (Å²) in [6.45, 7) is 3.64. The van der Waals surface area contributed by atoms with E-state index in [4.69, 9.17) is 0 Å². The zero-order chi connectivity index (χ0) is 31.8. The van der Waals surface area contributed by atoms with E-state index in [1.54, 1.807) is 12.3 Å². The highest BCUT2D eigenvalue weighted by Gasteiger charge is 2.30. The molecule has 15 heteroatoms. The predicted molar refractivity (Wildman–Crippen MR) is 159 cm³/mol. The van der Waals surface area contributed by atoms with Gasteiger partial charge >= 0.3 is 6.18 Å². The third kappa shape index (κ3) is 7.03. The molecule has 10 nitrogen and oxygen atoms in total. The molecule has 44 heavy (non-hydrogen) atoms. The smallest absolute Gasteiger partial charge is 0.351 e. The number of nitrogens with zero attached hydrogens (tertiary/aromatic N) is 5. The van der Waals surface area contributed by atoms with Crippen molar-refractivity contribution in [1.82, 2.24) is 24.1 Å². The molecule has 1 aliphatic carbocycles. The molecule has 4 aromatic rings. The predicted octanol–water partition coefficient (Wildman–Crippen LogP) is 5.74. The molecule has 0 aliphatic heterocycles. The van der Waals surface area contributed by atoms with Crippen LogP contribution in [0.1, 0.15) is 63.7 Å². The summed E-state index contributed by atoms with van der Waals surface area (Å²) in [5.74, 6) is -0.415. The van der Waals surface area contributed by atoms with Crippen LogP contribution in [-0.2, 0) is 17.1 Å². The molecule has 5 rings (SSSR count). The number of hydrogen-bond donors (Lipinski definition) is 2. The van der Waals surface area contributed by atoms with Crippen LogP contribution in [0, 0.1) is 5.82 Å². The molecule has 0 saturated heterocycles. The quantitative estimate of drug-likeness (QED) is 0.225. The van der Waals surface area contributed by atoms with Crippen molar-refractivity contribution < 1.29 is 26.0 Å². The molecule has 3 aromatic heterocycles. The van der Waals surface area contributed by atoms with E-state index < -0.39 is 45.4 Å². The Hall–Kier alpha value is -4.01. The average molecular weight is 636 g/mol. The molecule has 0 amide bonds. The molecular weight excluding hydrogens is 602 g/mol. The lowest BCUT2D eigenvalue weighted by atomic mass is 9.85. The highest BCUT2D eigenvalue weighted by molar-refractivity contribution is 7.92. The Morgan fingerprint density at radius 2 is 1.82 bits per heavy atom. The number of aryl methyl sites for hydroxylation is 1. The van der Waals surface area contributed by atoms with Crippen molar-refractivity contribution in [2.75, 3.05) is 15.8 Å². The lowest BCUT2D eigenvalue weighted by molar-refractivity contribution is -0.129. The molecule has 1 aliphatic rings. The summed E-state index contributed by atoms with van der Waals surface area (Å²) < 4.78 is 81.8. The second-order valence-corrected chi connectivity index (χ2v) is 13.2. The van der Waals surface area contributed by atoms with E-state index in [9.17, 15) is 30.8 Å². The van der Waals surface area contributed by atoms with Crippen molar-refractivity contribution in [2.45, 2.75) is 70.1 Å². The molecule has 236 valence electrons. The number of fused-ring (bicyclic) bond motifs is 1. The van der Waals surface area contributed by atoms with Gasteiger partial charge in [-0.1, -0.05) is 6.07 Å². The van der Waals surface area contributed by atoms with E-state index in [1.165, 1.54) is 10.6 Å². The van der Waals surface area contributed by atoms with Crippen molar-refractivity contribution in [3.05, 3.63) is 64.9 Å². The van der Waals surface area contributed by atoms with Crippen molar-refractivity contribution in [3.63, 3.8) is 0 Å². The fraction of sp³-hybridized carbons (Fsp3) is 0.448. The average Bonchev–Trinajstić information content (AvgIpc) is 3.38. The molecule has 3 heterocycles. The van der Waals surface area contributed by atoms with Gasteiger partial charge in [-0.15, -0.1) is 0 Å². The van der Waals surface area contributed by atoms with E-state index in [-0.39, 0.29) is 23.2 Å². The number of aromatic nitrogens is 5. The number of sulfonamides is 1. The minimum Gasteiger partial charge on any atom is -0.351 e. The largest absolute Gasteiger partial charge is 0.390 e. The fourth-order valence-corrected chi connectivity index (χ4v) is 6.66. The fourth-order valence-electron chi connectivity index (χ4n) is 5.56. The summed E-state index contributed by atoms with van der Waals surface area (Å²) in [7, 11) is -2.46. The second kappa shape index (κ2) is 12.2. The molecule has 2 N–H and O–H groups in total. The maximum absolute atomic E-state index is 14.9. The van der Waals surface area contributed by atoms with Crippen LogP contribution < -0.4 is 15.6 Å². The number of anilines is 2. The molecule has 0 atom stereocenters. The monoisotopic (exact) mass is 635 g/mol. The van der Waals surface area contributed by atoms with Gasteiger partial charge in [0.15, 0.2) is 0 Å². The minimum atomic E-state index is -4.68. The Bertz CT molecular complexity index is 1830. The van der Waals surface area contributed by atoms with Gasteiger partial charge in [-0.05, 0) is 63.3 Å². The zero-order valence-electron chi connectivity index (χ0n) is 24.4. The van der Waals surface area contributed by atoms with Gasteiger partial charge in [-0.2, -0.15) is 18.2 Å². The molecule has 0 bridgehead atoms. The van der Waals surface area contributed by atoms with Gasteiger partial charge in [0.05, 0.1) is 17.9 Å². The van der Waals surface area contributed by atoms with Crippen LogP contribution in [0.4, 0.5) is 29.2 Å². The molecule has 1 saturated carbocycles. The highest BCUT2D eigenvalue weighted by Crippen LogP contribution is 2.33. The number of benzene rings is 1. The van der Waals surface area contributed by atoms with Crippen LogP contribution in [0.25, 0.3) is 22.2 Å². The summed E-state index contributed by atoms with van der Waals surface area (Å²) in [6.07, 6.45) is 2.87. The second-order valence-electron chi connectivity index (χ2n) is 11.4. The lowest BCUT2D eigenvalue weighted by Gasteiger charge is -2.28. The molecule has 0 radical (unpaired) electrons. The summed E-state index contributed by atoms with van der Waals surface area (Å²) in [5, 5.41) is 3.94. The number of nitrogens with one attached hydrogen (secondary N) is 2. The Morgan fingerprint density at radius 3 is 2.43 bits per heavy atom. The minimum absolute atomic E-state index is 0.133. The summed E-state index contributed by atoms with van der Waals surface area (Å²) >= 11 is 0. The maximum Gasteiger partial charge on any atom is 0.390 e. The number of rotatable bonds is 9. The van der Waals surface area contributed by atoms with Crippen LogP contribution in [-0.4, -0.2) is 50.5 Å². The van der Waals surface area contributed by atoms with Gasteiger partial charge < -0.3 is 9.88 Å². The maximum atomic E-state index is 14.9. The first-order chi connectivity index (χ1) is 20.7. The van der Waals surface area contributed by atoms with Crippen LogP contribution in [0.15, 0.2) is 47.7 Å². The van der Waals surface area contributed by atoms with Crippen LogP contribution in [0.5, 0.6) is 0 Å². The van der Waals surface area contributed by atoms with E-state index in [2.05, 4.69) is 24.8 Å². The van der Waals surface area contributed by atoms with Gasteiger partial charge in [0.1, 0.15) is 17.3 Å². The van der Waals surface area contributed by atoms with Gasteiger partial charge in [0.25, 0.3) is 5.56 Å². The Kier molecular flexibility index (Phi) is 8.69. The van der Waals surface area contributed by atoms with E-state index >= 15 is 0 Å². The van der Waals surface area contributed by atoms with Crippen molar-refractivity contribution in [2.24, 2.45) is 7.05 Å². The van der Waals surface area contributed by atoms with E-state index in [0.29, 0.717) is 22.9 Å². The Balaban J connectivity index is 1.37. The molecule has 0 spiro atoms. The first-order valence-corrected chi connectivity index (χ1v) is 15.9. The number of hydrogen-bond acceptors (Lipinski definition) is 7. The first-order valence-electron chi connectivity index (χ1n) is 14.2. The first kappa shape index (κ1) is 31.4. The Labute approximate surface area is 251 Å². The molecular formula is C29H33F4N7O3S.